The van der Waals surface area contributed by atoms with Gasteiger partial charge >= 0.3 is 17.9 Å². The van der Waals surface area contributed by atoms with Crippen LogP contribution in [0.2, 0.25) is 0 Å². The second-order valence-corrected chi connectivity index (χ2v) is 16.0. The van der Waals surface area contributed by atoms with Gasteiger partial charge in [-0.3, -0.25) is 0 Å². The summed E-state index contributed by atoms with van der Waals surface area (Å²) in [6.45, 7) is 7.84. The Balaban J connectivity index is 1.30. The molecule has 0 radical (unpaired) electrons. The number of allylic oxidation sites excluding steroid dienone is 1. The van der Waals surface area contributed by atoms with Gasteiger partial charge in [0.05, 0.1) is 17.8 Å². The highest BCUT2D eigenvalue weighted by Gasteiger charge is 2.87. The summed E-state index contributed by atoms with van der Waals surface area (Å²) in [7, 11) is 0. The summed E-state index contributed by atoms with van der Waals surface area (Å²) in [4.78, 5) is 39.7. The van der Waals surface area contributed by atoms with Gasteiger partial charge in [0.2, 0.25) is 0 Å². The fraction of sp³-hybridized carbons (Fsp3) is 0.686. The van der Waals surface area contributed by atoms with Crippen molar-refractivity contribution in [3.63, 3.8) is 0 Å². The fourth-order valence-electron chi connectivity index (χ4n) is 12.4. The second kappa shape index (κ2) is 8.06. The lowest BCUT2D eigenvalue weighted by Crippen LogP contribution is -2.69. The van der Waals surface area contributed by atoms with Crippen LogP contribution in [0.15, 0.2) is 45.1 Å². The molecule has 46 heavy (non-hydrogen) atoms. The molecule has 5 N–H and O–H groups in total. The van der Waals surface area contributed by atoms with E-state index in [9.17, 15) is 39.9 Å². The minimum Gasteiger partial charge on any atom is -0.459 e. The zero-order valence-electron chi connectivity index (χ0n) is 26.5. The molecule has 2 aliphatic heterocycles. The Morgan fingerprint density at radius 3 is 2.37 bits per heavy atom. The van der Waals surface area contributed by atoms with E-state index in [4.69, 9.17) is 14.2 Å². The van der Waals surface area contributed by atoms with Crippen molar-refractivity contribution in [2.24, 2.45) is 46.3 Å². The molecule has 2 heterocycles. The number of ether oxygens (including phenoxy) is 3. The summed E-state index contributed by atoms with van der Waals surface area (Å²) in [5, 5.41) is 60.1. The largest absolute Gasteiger partial charge is 0.459 e. The van der Waals surface area contributed by atoms with Gasteiger partial charge in [0.15, 0.2) is 5.60 Å². The molecule has 5 fully saturated rings. The van der Waals surface area contributed by atoms with Crippen molar-refractivity contribution < 1.29 is 54.1 Å². The molecule has 5 saturated carbocycles. The third-order valence-corrected chi connectivity index (χ3v) is 14.7. The van der Waals surface area contributed by atoms with E-state index >= 15 is 0 Å². The maximum Gasteiger partial charge on any atom is 0.337 e. The number of hydrogen-bond acceptors (Lipinski definition) is 11. The van der Waals surface area contributed by atoms with Crippen LogP contribution in [0.3, 0.4) is 0 Å². The van der Waals surface area contributed by atoms with Crippen LogP contribution >= 0.6 is 0 Å². The summed E-state index contributed by atoms with van der Waals surface area (Å²) in [6, 6.07) is 0. The zero-order chi connectivity index (χ0) is 32.9. The van der Waals surface area contributed by atoms with E-state index < -0.39 is 75.9 Å². The molecule has 9 rings (SSSR count). The number of rotatable bonds is 4. The number of carbonyl (C=O) groups is 3. The molecule has 246 valence electrons. The monoisotopic (exact) mass is 636 g/mol. The molecule has 11 heteroatoms. The zero-order valence-corrected chi connectivity index (χ0v) is 26.5. The normalized spacial score (nSPS) is 53.5. The SMILES string of the molecule is CC=C(C)C(=O)OC[C@]1(O)[C@H]2C[C@H]2[C@]2(C)[C@@H]3C[C@@]4(O)C5=C(C6=C(C)C(=O)O[C@]6(O)[C@H](O)[C@@]5(C)[C@@H]5C[C@@H]54)[C@@]34OC(=O)C(CO)=C4C[C@@H]12. The number of fused-ring (bicyclic) bond motifs is 9. The van der Waals surface area contributed by atoms with Crippen molar-refractivity contribution in [1.82, 2.24) is 0 Å². The molecular weight excluding hydrogens is 596 g/mol. The fourth-order valence-corrected chi connectivity index (χ4v) is 12.4. The minimum atomic E-state index is -2.43. The van der Waals surface area contributed by atoms with E-state index in [1.807, 2.05) is 0 Å². The highest BCUT2D eigenvalue weighted by Crippen LogP contribution is 2.84. The summed E-state index contributed by atoms with van der Waals surface area (Å²) >= 11 is 0. The molecule has 0 aromatic heterocycles. The first-order chi connectivity index (χ1) is 21.5. The third kappa shape index (κ3) is 2.72. The Labute approximate surface area is 265 Å². The average Bonchev–Trinajstić information content (AvgIpc) is 3.91. The van der Waals surface area contributed by atoms with Crippen LogP contribution in [0.5, 0.6) is 0 Å². The highest BCUT2D eigenvalue weighted by molar-refractivity contribution is 5.98. The summed E-state index contributed by atoms with van der Waals surface area (Å²) in [5.74, 6) is -6.38. The molecule has 0 aromatic carbocycles. The van der Waals surface area contributed by atoms with Crippen LogP contribution in [0.25, 0.3) is 0 Å². The van der Waals surface area contributed by atoms with Gasteiger partial charge in [-0.25, -0.2) is 14.4 Å². The first-order valence-electron chi connectivity index (χ1n) is 16.5. The molecule has 0 saturated heterocycles. The number of aliphatic hydroxyl groups excluding tert-OH is 2. The van der Waals surface area contributed by atoms with Crippen molar-refractivity contribution in [2.45, 2.75) is 89.0 Å². The van der Waals surface area contributed by atoms with E-state index in [0.717, 1.165) is 0 Å². The smallest absolute Gasteiger partial charge is 0.337 e. The summed E-state index contributed by atoms with van der Waals surface area (Å²) < 4.78 is 17.8. The minimum absolute atomic E-state index is 0.0183. The lowest BCUT2D eigenvalue weighted by Gasteiger charge is -2.64. The predicted molar refractivity (Wildman–Crippen MR) is 156 cm³/mol. The molecule has 1 spiro atoms. The van der Waals surface area contributed by atoms with Crippen molar-refractivity contribution >= 4 is 17.9 Å². The number of esters is 3. The topological polar surface area (TPSA) is 180 Å². The van der Waals surface area contributed by atoms with Crippen molar-refractivity contribution in [2.75, 3.05) is 13.2 Å². The third-order valence-electron chi connectivity index (χ3n) is 14.7. The number of carbonyl (C=O) groups excluding carboxylic acids is 3. The van der Waals surface area contributed by atoms with Gasteiger partial charge in [0.25, 0.3) is 5.79 Å². The van der Waals surface area contributed by atoms with Gasteiger partial charge in [0, 0.05) is 39.5 Å². The second-order valence-electron chi connectivity index (χ2n) is 16.0. The molecule has 13 atom stereocenters. The van der Waals surface area contributed by atoms with Crippen LogP contribution in [0.1, 0.15) is 60.3 Å². The molecular formula is C35H40O11. The molecule has 0 unspecified atom stereocenters. The first kappa shape index (κ1) is 29.3. The van der Waals surface area contributed by atoms with Crippen molar-refractivity contribution in [1.29, 1.82) is 0 Å². The van der Waals surface area contributed by atoms with Gasteiger partial charge in [-0.05, 0) is 86.7 Å². The van der Waals surface area contributed by atoms with E-state index in [1.54, 1.807) is 26.8 Å². The maximum atomic E-state index is 13.8. The van der Waals surface area contributed by atoms with Gasteiger partial charge in [-0.1, -0.05) is 19.9 Å². The van der Waals surface area contributed by atoms with Crippen molar-refractivity contribution in [3.05, 3.63) is 45.1 Å². The van der Waals surface area contributed by atoms with Crippen LogP contribution < -0.4 is 0 Å². The maximum absolute atomic E-state index is 13.8. The number of aliphatic hydroxyl groups is 5. The Hall–Kier alpha value is -2.83. The van der Waals surface area contributed by atoms with E-state index in [1.165, 1.54) is 6.92 Å². The predicted octanol–water partition coefficient (Wildman–Crippen LogP) is 1.13. The highest BCUT2D eigenvalue weighted by atomic mass is 16.7. The van der Waals surface area contributed by atoms with Crippen LogP contribution in [-0.4, -0.2) is 85.3 Å². The number of hydrogen-bond donors (Lipinski definition) is 5. The Kier molecular flexibility index (Phi) is 5.14. The van der Waals surface area contributed by atoms with E-state index in [2.05, 4.69) is 6.92 Å². The van der Waals surface area contributed by atoms with Gasteiger partial charge in [-0.2, -0.15) is 0 Å². The van der Waals surface area contributed by atoms with Crippen LogP contribution in [0, 0.1) is 46.3 Å². The van der Waals surface area contributed by atoms with Crippen LogP contribution in [-0.2, 0) is 28.6 Å². The molecule has 11 nitrogen and oxygen atoms in total. The Morgan fingerprint density at radius 2 is 1.70 bits per heavy atom. The summed E-state index contributed by atoms with van der Waals surface area (Å²) in [5.41, 5.74) is -4.65. The molecule has 9 aliphatic rings. The van der Waals surface area contributed by atoms with Crippen molar-refractivity contribution in [3.8, 4) is 0 Å². The van der Waals surface area contributed by atoms with Gasteiger partial charge in [-0.15, -0.1) is 0 Å². The quantitative estimate of drug-likeness (QED) is 0.170. The Morgan fingerprint density at radius 1 is 1.00 bits per heavy atom. The average molecular weight is 637 g/mol. The Bertz CT molecular complexity index is 1740. The molecule has 7 aliphatic carbocycles. The van der Waals surface area contributed by atoms with Gasteiger partial charge < -0.3 is 39.7 Å². The van der Waals surface area contributed by atoms with Gasteiger partial charge in [0.1, 0.15) is 18.3 Å². The lowest BCUT2D eigenvalue weighted by atomic mass is 9.42. The standard InChI is InChI=1S/C35H40O11/c1-6-13(2)26(37)44-12-33(42)20-7-17(20)30(4)21(33)9-16-15(11-36)28(39)45-34(16)22(30)10-32(41)19-8-18(19)31(5)25(32)24(34)23-14(3)27(38)46-35(23,43)29(31)40/h6,17-22,29,36,40-43H,7-12H2,1-5H3/t17-,18-,19+,20+,21-,22+,29-,30+,31+,32+,33+,34+,35+/m1/s1. The van der Waals surface area contributed by atoms with E-state index in [-0.39, 0.29) is 59.8 Å². The van der Waals surface area contributed by atoms with E-state index in [0.29, 0.717) is 35.1 Å². The first-order valence-corrected chi connectivity index (χ1v) is 16.5. The summed E-state index contributed by atoms with van der Waals surface area (Å²) in [6.07, 6.45) is 1.61. The molecule has 0 amide bonds. The molecule has 0 bridgehead atoms. The van der Waals surface area contributed by atoms with Crippen LogP contribution in [0.4, 0.5) is 0 Å². The lowest BCUT2D eigenvalue weighted by molar-refractivity contribution is -0.244. The molecule has 0 aromatic rings.